The Morgan fingerprint density at radius 1 is 1.00 bits per heavy atom. The van der Waals surface area contributed by atoms with Gasteiger partial charge in [0.15, 0.2) is 6.10 Å². The molecule has 5 rings (SSSR count). The second-order valence-electron chi connectivity index (χ2n) is 10.7. The monoisotopic (exact) mass is 513 g/mol. The number of hydrogen-bond acceptors (Lipinski definition) is 4. The van der Waals surface area contributed by atoms with E-state index >= 15 is 0 Å². The van der Waals surface area contributed by atoms with E-state index in [1.165, 1.54) is 4.90 Å². The van der Waals surface area contributed by atoms with Crippen molar-refractivity contribution in [2.75, 3.05) is 0 Å². The lowest BCUT2D eigenvalue weighted by Crippen LogP contribution is -2.51. The van der Waals surface area contributed by atoms with Crippen molar-refractivity contribution < 1.29 is 24.2 Å². The SMILES string of the molecule is Cc1ccc2c(c1OCc1ccccc1)CC(C(=O)O)N(C(=O)[C@@H](OC1(C)CCCC1)c1ccccc1)C2. The van der Waals surface area contributed by atoms with Crippen molar-refractivity contribution in [3.63, 3.8) is 0 Å². The fraction of sp³-hybridized carbons (Fsp3) is 0.375. The smallest absolute Gasteiger partial charge is 0.326 e. The molecule has 0 spiro atoms. The van der Waals surface area contributed by atoms with Crippen LogP contribution in [-0.4, -0.2) is 33.5 Å². The van der Waals surface area contributed by atoms with Crippen molar-refractivity contribution in [1.29, 1.82) is 0 Å². The van der Waals surface area contributed by atoms with Crippen molar-refractivity contribution in [1.82, 2.24) is 4.90 Å². The average Bonchev–Trinajstić information content (AvgIpc) is 3.37. The number of nitrogens with zero attached hydrogens (tertiary/aromatic N) is 1. The van der Waals surface area contributed by atoms with Crippen LogP contribution < -0.4 is 4.74 Å². The number of carboxylic acids is 1. The summed E-state index contributed by atoms with van der Waals surface area (Å²) in [7, 11) is 0. The van der Waals surface area contributed by atoms with Crippen LogP contribution in [-0.2, 0) is 33.9 Å². The molecule has 0 radical (unpaired) electrons. The minimum absolute atomic E-state index is 0.182. The molecular weight excluding hydrogens is 478 g/mol. The molecule has 1 fully saturated rings. The molecule has 0 aromatic heterocycles. The van der Waals surface area contributed by atoms with Crippen molar-refractivity contribution in [2.24, 2.45) is 0 Å². The zero-order valence-corrected chi connectivity index (χ0v) is 22.1. The highest BCUT2D eigenvalue weighted by atomic mass is 16.5. The summed E-state index contributed by atoms with van der Waals surface area (Å²) in [5.41, 5.74) is 4.09. The molecule has 0 saturated heterocycles. The van der Waals surface area contributed by atoms with E-state index in [0.29, 0.717) is 12.4 Å². The number of carboxylic acid groups (broad SMARTS) is 1. The Balaban J connectivity index is 1.46. The van der Waals surface area contributed by atoms with Crippen LogP contribution in [0.3, 0.4) is 0 Å². The molecule has 1 aliphatic carbocycles. The molecule has 1 N–H and O–H groups in total. The largest absolute Gasteiger partial charge is 0.488 e. The first-order chi connectivity index (χ1) is 18.3. The molecule has 1 heterocycles. The first-order valence-corrected chi connectivity index (χ1v) is 13.4. The van der Waals surface area contributed by atoms with E-state index in [1.54, 1.807) is 0 Å². The predicted molar refractivity (Wildman–Crippen MR) is 145 cm³/mol. The number of amides is 1. The predicted octanol–water partition coefficient (Wildman–Crippen LogP) is 6.00. The number of hydrogen-bond donors (Lipinski definition) is 1. The van der Waals surface area contributed by atoms with Gasteiger partial charge in [0.2, 0.25) is 0 Å². The van der Waals surface area contributed by atoms with Gasteiger partial charge in [-0.05, 0) is 48.9 Å². The quantitative estimate of drug-likeness (QED) is 0.400. The fourth-order valence-corrected chi connectivity index (χ4v) is 5.70. The third kappa shape index (κ3) is 5.46. The summed E-state index contributed by atoms with van der Waals surface area (Å²) in [4.78, 5) is 28.2. The summed E-state index contributed by atoms with van der Waals surface area (Å²) < 4.78 is 12.8. The van der Waals surface area contributed by atoms with E-state index in [4.69, 9.17) is 9.47 Å². The van der Waals surface area contributed by atoms with Crippen LogP contribution in [0.2, 0.25) is 0 Å². The summed E-state index contributed by atoms with van der Waals surface area (Å²) in [5, 5.41) is 10.3. The van der Waals surface area contributed by atoms with Crippen LogP contribution in [0, 0.1) is 6.92 Å². The topological polar surface area (TPSA) is 76.1 Å². The highest BCUT2D eigenvalue weighted by Gasteiger charge is 2.42. The van der Waals surface area contributed by atoms with Crippen LogP contribution >= 0.6 is 0 Å². The number of carbonyl (C=O) groups is 2. The standard InChI is InChI=1S/C32H35NO5/c1-22-15-16-25-20-33(27(31(35)36)19-26(25)28(22)37-21-23-11-5-3-6-12-23)30(34)29(24-13-7-4-8-14-24)38-32(2)17-9-10-18-32/h3-8,11-16,27,29H,9-10,17-21H2,1-2H3,(H,35,36)/t27?,29-/m0/s1. The summed E-state index contributed by atoms with van der Waals surface area (Å²) in [6.07, 6.45) is 3.22. The number of benzene rings is 3. The molecule has 2 aliphatic rings. The van der Waals surface area contributed by atoms with Crippen molar-refractivity contribution in [2.45, 2.75) is 76.9 Å². The lowest BCUT2D eigenvalue weighted by atomic mass is 9.90. The molecule has 3 aromatic carbocycles. The van der Waals surface area contributed by atoms with E-state index in [-0.39, 0.29) is 18.9 Å². The number of fused-ring (bicyclic) bond motifs is 1. The zero-order valence-electron chi connectivity index (χ0n) is 22.1. The van der Waals surface area contributed by atoms with Gasteiger partial charge >= 0.3 is 5.97 Å². The number of rotatable bonds is 8. The first kappa shape index (κ1) is 26.0. The molecular formula is C32H35NO5. The Hall–Kier alpha value is -3.64. The van der Waals surface area contributed by atoms with Gasteiger partial charge in [-0.1, -0.05) is 85.6 Å². The van der Waals surface area contributed by atoms with Crippen LogP contribution in [0.5, 0.6) is 5.75 Å². The van der Waals surface area contributed by atoms with Gasteiger partial charge in [0, 0.05) is 18.5 Å². The van der Waals surface area contributed by atoms with Crippen LogP contribution in [0.4, 0.5) is 0 Å². The third-order valence-electron chi connectivity index (χ3n) is 7.85. The summed E-state index contributed by atoms with van der Waals surface area (Å²) >= 11 is 0. The van der Waals surface area contributed by atoms with Gasteiger partial charge in [-0.2, -0.15) is 0 Å². The highest BCUT2D eigenvalue weighted by molar-refractivity contribution is 5.88. The van der Waals surface area contributed by atoms with Crippen LogP contribution in [0.25, 0.3) is 0 Å². The molecule has 0 bridgehead atoms. The summed E-state index contributed by atoms with van der Waals surface area (Å²) in [5.74, 6) is -0.632. The van der Waals surface area contributed by atoms with Gasteiger partial charge in [0.25, 0.3) is 5.91 Å². The first-order valence-electron chi connectivity index (χ1n) is 13.4. The maximum absolute atomic E-state index is 14.1. The van der Waals surface area contributed by atoms with Gasteiger partial charge < -0.3 is 19.5 Å². The highest BCUT2D eigenvalue weighted by Crippen LogP contribution is 2.40. The van der Waals surface area contributed by atoms with E-state index < -0.39 is 23.7 Å². The summed E-state index contributed by atoms with van der Waals surface area (Å²) in [6, 6.07) is 22.3. The van der Waals surface area contributed by atoms with E-state index in [1.807, 2.05) is 79.7 Å². The minimum atomic E-state index is -1.03. The lowest BCUT2D eigenvalue weighted by Gasteiger charge is -2.39. The second kappa shape index (κ2) is 11.0. The van der Waals surface area contributed by atoms with Crippen LogP contribution in [0.1, 0.15) is 66.5 Å². The number of carbonyl (C=O) groups excluding carboxylic acids is 1. The summed E-state index contributed by atoms with van der Waals surface area (Å²) in [6.45, 7) is 4.61. The Morgan fingerprint density at radius 2 is 1.66 bits per heavy atom. The van der Waals surface area contributed by atoms with E-state index in [0.717, 1.165) is 53.5 Å². The maximum Gasteiger partial charge on any atom is 0.326 e. The molecule has 3 aromatic rings. The van der Waals surface area contributed by atoms with Gasteiger partial charge in [-0.15, -0.1) is 0 Å². The second-order valence-corrected chi connectivity index (χ2v) is 10.7. The maximum atomic E-state index is 14.1. The molecule has 1 amide bonds. The molecule has 38 heavy (non-hydrogen) atoms. The van der Waals surface area contributed by atoms with E-state index in [2.05, 4.69) is 6.92 Å². The minimum Gasteiger partial charge on any atom is -0.488 e. The van der Waals surface area contributed by atoms with Crippen molar-refractivity contribution >= 4 is 11.9 Å². The number of aryl methyl sites for hydroxylation is 1. The van der Waals surface area contributed by atoms with Gasteiger partial charge in [-0.3, -0.25) is 4.79 Å². The molecule has 2 atom stereocenters. The molecule has 6 heteroatoms. The molecule has 1 saturated carbocycles. The van der Waals surface area contributed by atoms with E-state index in [9.17, 15) is 14.7 Å². The van der Waals surface area contributed by atoms with Gasteiger partial charge in [0.1, 0.15) is 18.4 Å². The van der Waals surface area contributed by atoms with Gasteiger partial charge in [-0.25, -0.2) is 4.79 Å². The number of aliphatic carboxylic acids is 1. The Bertz CT molecular complexity index is 1280. The Labute approximate surface area is 224 Å². The average molecular weight is 514 g/mol. The van der Waals surface area contributed by atoms with Crippen molar-refractivity contribution in [3.05, 3.63) is 101 Å². The molecule has 6 nitrogen and oxygen atoms in total. The lowest BCUT2D eigenvalue weighted by molar-refractivity contribution is -0.166. The van der Waals surface area contributed by atoms with Crippen LogP contribution in [0.15, 0.2) is 72.8 Å². The molecule has 198 valence electrons. The van der Waals surface area contributed by atoms with Gasteiger partial charge in [0.05, 0.1) is 5.60 Å². The Morgan fingerprint density at radius 3 is 2.32 bits per heavy atom. The molecule has 1 aliphatic heterocycles. The normalized spacial score (nSPS) is 19.0. The Kier molecular flexibility index (Phi) is 7.52. The fourth-order valence-electron chi connectivity index (χ4n) is 5.70. The molecule has 1 unspecified atom stereocenters. The number of ether oxygens (including phenoxy) is 2. The zero-order chi connectivity index (χ0) is 26.7. The third-order valence-corrected chi connectivity index (χ3v) is 7.85. The van der Waals surface area contributed by atoms with Crippen molar-refractivity contribution in [3.8, 4) is 5.75 Å².